The van der Waals surface area contributed by atoms with Gasteiger partial charge in [0.05, 0.1) is 10.7 Å². The number of benzene rings is 1. The largest absolute Gasteiger partial charge is 0.487 e. The van der Waals surface area contributed by atoms with E-state index < -0.39 is 0 Å². The summed E-state index contributed by atoms with van der Waals surface area (Å²) in [7, 11) is 1.90. The lowest BCUT2D eigenvalue weighted by Gasteiger charge is -2.05. The summed E-state index contributed by atoms with van der Waals surface area (Å²) in [6.45, 7) is 4.84. The predicted molar refractivity (Wildman–Crippen MR) is 76.5 cm³/mol. The van der Waals surface area contributed by atoms with Gasteiger partial charge in [-0.25, -0.2) is 4.98 Å². The zero-order valence-electron chi connectivity index (χ0n) is 10.9. The minimum absolute atomic E-state index is 0.485. The van der Waals surface area contributed by atoms with Crippen LogP contribution in [0.5, 0.6) is 5.75 Å². The lowest BCUT2D eigenvalue weighted by Crippen LogP contribution is -1.97. The van der Waals surface area contributed by atoms with E-state index in [1.165, 1.54) is 5.01 Å². The second kappa shape index (κ2) is 5.87. The lowest BCUT2D eigenvalue weighted by atomic mass is 10.2. The Morgan fingerprint density at radius 1 is 1.28 bits per heavy atom. The van der Waals surface area contributed by atoms with E-state index >= 15 is 0 Å². The van der Waals surface area contributed by atoms with Crippen molar-refractivity contribution in [2.45, 2.75) is 26.4 Å². The van der Waals surface area contributed by atoms with Crippen molar-refractivity contribution < 1.29 is 4.74 Å². The quantitative estimate of drug-likeness (QED) is 0.887. The van der Waals surface area contributed by atoms with Crippen LogP contribution in [0.15, 0.2) is 29.6 Å². The Hall–Kier alpha value is -1.55. The smallest absolute Gasteiger partial charge is 0.131 e. The molecule has 2 aromatic rings. The van der Waals surface area contributed by atoms with Gasteiger partial charge in [-0.1, -0.05) is 13.8 Å². The highest BCUT2D eigenvalue weighted by Gasteiger charge is 2.06. The van der Waals surface area contributed by atoms with Gasteiger partial charge in [0.25, 0.3) is 0 Å². The maximum atomic E-state index is 5.70. The number of ether oxygens (including phenoxy) is 1. The molecule has 0 bridgehead atoms. The van der Waals surface area contributed by atoms with Gasteiger partial charge in [-0.2, -0.15) is 0 Å². The Balaban J connectivity index is 1.93. The molecule has 0 aliphatic heterocycles. The van der Waals surface area contributed by atoms with Crippen molar-refractivity contribution in [2.24, 2.45) is 0 Å². The van der Waals surface area contributed by atoms with Crippen LogP contribution < -0.4 is 10.1 Å². The van der Waals surface area contributed by atoms with E-state index in [9.17, 15) is 0 Å². The van der Waals surface area contributed by atoms with Crippen LogP contribution in [0.3, 0.4) is 0 Å². The van der Waals surface area contributed by atoms with Crippen molar-refractivity contribution >= 4 is 17.0 Å². The molecule has 0 saturated carbocycles. The summed E-state index contributed by atoms with van der Waals surface area (Å²) >= 11 is 1.70. The van der Waals surface area contributed by atoms with Gasteiger partial charge < -0.3 is 10.1 Å². The first-order valence-corrected chi connectivity index (χ1v) is 6.92. The van der Waals surface area contributed by atoms with Gasteiger partial charge in [-0.3, -0.25) is 0 Å². The number of rotatable bonds is 5. The fraction of sp³-hybridized carbons (Fsp3) is 0.357. The second-order valence-electron chi connectivity index (χ2n) is 4.39. The molecule has 18 heavy (non-hydrogen) atoms. The molecule has 3 nitrogen and oxygen atoms in total. The fourth-order valence-corrected chi connectivity index (χ4v) is 2.35. The van der Waals surface area contributed by atoms with Crippen molar-refractivity contribution in [3.05, 3.63) is 40.3 Å². The third kappa shape index (κ3) is 3.23. The van der Waals surface area contributed by atoms with E-state index in [0.717, 1.165) is 17.1 Å². The molecule has 4 heteroatoms. The number of nitrogens with zero attached hydrogens (tertiary/aromatic N) is 1. The van der Waals surface area contributed by atoms with E-state index in [4.69, 9.17) is 4.74 Å². The molecule has 96 valence electrons. The average Bonchev–Trinajstić information content (AvgIpc) is 2.86. The zero-order chi connectivity index (χ0) is 13.0. The normalized spacial score (nSPS) is 10.7. The van der Waals surface area contributed by atoms with Gasteiger partial charge in [0, 0.05) is 24.0 Å². The highest BCUT2D eigenvalue weighted by Crippen LogP contribution is 2.21. The van der Waals surface area contributed by atoms with Crippen molar-refractivity contribution in [3.63, 3.8) is 0 Å². The Bertz CT molecular complexity index is 491. The highest BCUT2D eigenvalue weighted by molar-refractivity contribution is 7.09. The summed E-state index contributed by atoms with van der Waals surface area (Å²) in [5.41, 5.74) is 2.08. The monoisotopic (exact) mass is 262 g/mol. The average molecular weight is 262 g/mol. The number of aromatic nitrogens is 1. The summed E-state index contributed by atoms with van der Waals surface area (Å²) in [6.07, 6.45) is 0. The Morgan fingerprint density at radius 2 is 2.00 bits per heavy atom. The summed E-state index contributed by atoms with van der Waals surface area (Å²) in [6, 6.07) is 7.91. The molecular weight excluding hydrogens is 244 g/mol. The van der Waals surface area contributed by atoms with Crippen LogP contribution in [0.25, 0.3) is 0 Å². The van der Waals surface area contributed by atoms with Gasteiger partial charge in [0.1, 0.15) is 12.4 Å². The lowest BCUT2D eigenvalue weighted by molar-refractivity contribution is 0.302. The molecule has 0 spiro atoms. The number of nitrogens with one attached hydrogen (secondary N) is 1. The Labute approximate surface area is 112 Å². The predicted octanol–water partition coefficient (Wildman–Crippen LogP) is 3.89. The minimum atomic E-state index is 0.485. The van der Waals surface area contributed by atoms with Crippen LogP contribution in [0.1, 0.15) is 30.5 Å². The number of hydrogen-bond donors (Lipinski definition) is 1. The molecule has 1 N–H and O–H groups in total. The topological polar surface area (TPSA) is 34.1 Å². The van der Waals surface area contributed by atoms with E-state index in [1.54, 1.807) is 11.3 Å². The SMILES string of the molecule is CNc1ccc(OCc2csc(C(C)C)n2)cc1. The van der Waals surface area contributed by atoms with Crippen LogP contribution in [0.2, 0.25) is 0 Å². The van der Waals surface area contributed by atoms with Gasteiger partial charge in [-0.05, 0) is 24.3 Å². The highest BCUT2D eigenvalue weighted by atomic mass is 32.1. The van der Waals surface area contributed by atoms with E-state index in [2.05, 4.69) is 29.5 Å². The maximum Gasteiger partial charge on any atom is 0.131 e. The van der Waals surface area contributed by atoms with Crippen LogP contribution in [0, 0.1) is 0 Å². The molecule has 0 fully saturated rings. The van der Waals surface area contributed by atoms with Crippen molar-refractivity contribution in [1.82, 2.24) is 4.98 Å². The van der Waals surface area contributed by atoms with E-state index in [1.807, 2.05) is 31.3 Å². The number of hydrogen-bond acceptors (Lipinski definition) is 4. The first-order chi connectivity index (χ1) is 8.69. The van der Waals surface area contributed by atoms with Crippen molar-refractivity contribution in [1.29, 1.82) is 0 Å². The fourth-order valence-electron chi connectivity index (χ4n) is 1.53. The molecule has 1 aromatic carbocycles. The third-order valence-corrected chi connectivity index (χ3v) is 3.79. The summed E-state index contributed by atoms with van der Waals surface area (Å²) in [4.78, 5) is 4.54. The molecule has 1 heterocycles. The van der Waals surface area contributed by atoms with Gasteiger partial charge in [0.2, 0.25) is 0 Å². The molecule has 1 aromatic heterocycles. The number of thiazole rings is 1. The first kappa shape index (κ1) is 12.9. The molecule has 0 radical (unpaired) electrons. The molecule has 0 aliphatic rings. The molecule has 0 saturated heterocycles. The van der Waals surface area contributed by atoms with E-state index in [-0.39, 0.29) is 0 Å². The van der Waals surface area contributed by atoms with Crippen LogP contribution in [-0.2, 0) is 6.61 Å². The van der Waals surface area contributed by atoms with Gasteiger partial charge in [0.15, 0.2) is 0 Å². The van der Waals surface area contributed by atoms with Crippen molar-refractivity contribution in [3.8, 4) is 5.75 Å². The molecular formula is C14H18N2OS. The van der Waals surface area contributed by atoms with Gasteiger partial charge >= 0.3 is 0 Å². The molecule has 0 unspecified atom stereocenters. The second-order valence-corrected chi connectivity index (χ2v) is 5.28. The van der Waals surface area contributed by atoms with Gasteiger partial charge in [-0.15, -0.1) is 11.3 Å². The Morgan fingerprint density at radius 3 is 2.56 bits per heavy atom. The molecule has 2 rings (SSSR count). The zero-order valence-corrected chi connectivity index (χ0v) is 11.8. The van der Waals surface area contributed by atoms with Crippen LogP contribution in [0.4, 0.5) is 5.69 Å². The maximum absolute atomic E-state index is 5.70. The first-order valence-electron chi connectivity index (χ1n) is 6.04. The molecule has 0 atom stereocenters. The van der Waals surface area contributed by atoms with Crippen LogP contribution >= 0.6 is 11.3 Å². The minimum Gasteiger partial charge on any atom is -0.487 e. The summed E-state index contributed by atoms with van der Waals surface area (Å²) < 4.78 is 5.70. The number of anilines is 1. The summed E-state index contributed by atoms with van der Waals surface area (Å²) in [5.74, 6) is 1.35. The van der Waals surface area contributed by atoms with Crippen molar-refractivity contribution in [2.75, 3.05) is 12.4 Å². The van der Waals surface area contributed by atoms with Crippen LogP contribution in [-0.4, -0.2) is 12.0 Å². The summed E-state index contributed by atoms with van der Waals surface area (Å²) in [5, 5.41) is 6.31. The molecule has 0 amide bonds. The van der Waals surface area contributed by atoms with E-state index in [0.29, 0.717) is 12.5 Å². The standard InChI is InChI=1S/C14H18N2OS/c1-10(2)14-16-12(9-18-14)8-17-13-6-4-11(15-3)5-7-13/h4-7,9-10,15H,8H2,1-3H3. The molecule has 0 aliphatic carbocycles. The third-order valence-electron chi connectivity index (χ3n) is 2.59. The Kier molecular flexibility index (Phi) is 4.20.